The van der Waals surface area contributed by atoms with Gasteiger partial charge in [0.05, 0.1) is 12.1 Å². The predicted octanol–water partition coefficient (Wildman–Crippen LogP) is 1.80. The second kappa shape index (κ2) is 4.95. The quantitative estimate of drug-likeness (QED) is 0.906. The van der Waals surface area contributed by atoms with E-state index in [1.165, 1.54) is 25.7 Å². The van der Waals surface area contributed by atoms with Gasteiger partial charge in [-0.05, 0) is 25.0 Å². The van der Waals surface area contributed by atoms with Crippen molar-refractivity contribution in [1.82, 2.24) is 19.8 Å². The van der Waals surface area contributed by atoms with Gasteiger partial charge in [0.25, 0.3) is 0 Å². The van der Waals surface area contributed by atoms with Crippen molar-refractivity contribution in [3.63, 3.8) is 0 Å². The number of aliphatic carboxylic acids is 1. The normalized spacial score (nSPS) is 16.2. The Morgan fingerprint density at radius 1 is 1.32 bits per heavy atom. The first kappa shape index (κ1) is 12.1. The van der Waals surface area contributed by atoms with Crippen LogP contribution in [-0.2, 0) is 11.2 Å². The summed E-state index contributed by atoms with van der Waals surface area (Å²) in [6.07, 6.45) is 5.31. The Balaban J connectivity index is 1.91. The molecule has 3 rings (SSSR count). The van der Waals surface area contributed by atoms with Crippen molar-refractivity contribution in [2.45, 2.75) is 44.4 Å². The highest BCUT2D eigenvalue weighted by atomic mass is 16.4. The summed E-state index contributed by atoms with van der Waals surface area (Å²) in [6, 6.07) is 3.93. The Bertz CT molecular complexity index is 602. The van der Waals surface area contributed by atoms with Crippen molar-refractivity contribution >= 4 is 11.6 Å². The van der Waals surface area contributed by atoms with Gasteiger partial charge in [0.2, 0.25) is 0 Å². The van der Waals surface area contributed by atoms with Crippen LogP contribution in [0.3, 0.4) is 0 Å². The summed E-state index contributed by atoms with van der Waals surface area (Å²) in [5, 5.41) is 21.4. The van der Waals surface area contributed by atoms with Crippen LogP contribution >= 0.6 is 0 Å². The van der Waals surface area contributed by atoms with Gasteiger partial charge in [-0.25, -0.2) is 0 Å². The van der Waals surface area contributed by atoms with E-state index in [9.17, 15) is 4.79 Å². The number of hydrogen-bond donors (Lipinski definition) is 1. The van der Waals surface area contributed by atoms with Crippen LogP contribution in [-0.4, -0.2) is 30.9 Å². The zero-order valence-electron chi connectivity index (χ0n) is 10.6. The molecule has 0 saturated heterocycles. The molecule has 2 aromatic rings. The molecule has 0 aromatic carbocycles. The second-order valence-electron chi connectivity index (χ2n) is 5.02. The van der Waals surface area contributed by atoms with Crippen molar-refractivity contribution < 1.29 is 9.90 Å². The van der Waals surface area contributed by atoms with Crippen LogP contribution in [0.2, 0.25) is 0 Å². The van der Waals surface area contributed by atoms with E-state index in [1.54, 1.807) is 4.52 Å². The minimum Gasteiger partial charge on any atom is -0.481 e. The number of aromatic nitrogens is 4. The predicted molar refractivity (Wildman–Crippen MR) is 67.9 cm³/mol. The average molecular weight is 260 g/mol. The minimum absolute atomic E-state index is 0.0517. The summed E-state index contributed by atoms with van der Waals surface area (Å²) >= 11 is 0. The molecule has 1 aliphatic carbocycles. The van der Waals surface area contributed by atoms with E-state index in [0.717, 1.165) is 5.69 Å². The number of carbonyl (C=O) groups is 1. The van der Waals surface area contributed by atoms with Crippen molar-refractivity contribution in [2.75, 3.05) is 0 Å². The molecule has 0 aliphatic heterocycles. The summed E-state index contributed by atoms with van der Waals surface area (Å²) in [6.45, 7) is 0. The molecule has 2 heterocycles. The third-order valence-corrected chi connectivity index (χ3v) is 3.68. The molecule has 6 heteroatoms. The summed E-state index contributed by atoms with van der Waals surface area (Å²) in [7, 11) is 0. The first-order chi connectivity index (χ1) is 9.24. The van der Waals surface area contributed by atoms with Crippen LogP contribution < -0.4 is 0 Å². The van der Waals surface area contributed by atoms with Gasteiger partial charge in [-0.15, -0.1) is 10.2 Å². The monoisotopic (exact) mass is 260 g/mol. The largest absolute Gasteiger partial charge is 0.481 e. The Morgan fingerprint density at radius 3 is 2.84 bits per heavy atom. The highest BCUT2D eigenvalue weighted by molar-refractivity contribution is 5.66. The van der Waals surface area contributed by atoms with Crippen molar-refractivity contribution in [3.8, 4) is 0 Å². The van der Waals surface area contributed by atoms with Crippen LogP contribution in [0.4, 0.5) is 0 Å². The molecule has 0 amide bonds. The highest BCUT2D eigenvalue weighted by Gasteiger charge is 2.19. The zero-order chi connectivity index (χ0) is 13.2. The number of nitrogens with zero attached hydrogens (tertiary/aromatic N) is 4. The molecule has 0 bridgehead atoms. The third-order valence-electron chi connectivity index (χ3n) is 3.68. The number of fused-ring (bicyclic) bond motifs is 1. The number of hydrogen-bond acceptors (Lipinski definition) is 4. The molecule has 1 aliphatic rings. The fourth-order valence-corrected chi connectivity index (χ4v) is 2.66. The molecule has 0 atom stereocenters. The first-order valence-electron chi connectivity index (χ1n) is 6.67. The van der Waals surface area contributed by atoms with Crippen molar-refractivity contribution in [1.29, 1.82) is 0 Å². The zero-order valence-corrected chi connectivity index (χ0v) is 10.6. The van der Waals surface area contributed by atoms with Crippen molar-refractivity contribution in [2.24, 2.45) is 0 Å². The Hall–Kier alpha value is -1.98. The van der Waals surface area contributed by atoms with Crippen molar-refractivity contribution in [3.05, 3.63) is 23.7 Å². The summed E-state index contributed by atoms with van der Waals surface area (Å²) in [5.74, 6) is 0.320. The van der Waals surface area contributed by atoms with Crippen LogP contribution in [0.5, 0.6) is 0 Å². The van der Waals surface area contributed by atoms with E-state index in [-0.39, 0.29) is 6.42 Å². The number of carboxylic acid groups (broad SMARTS) is 1. The Labute approximate surface area is 110 Å². The average Bonchev–Trinajstić information content (AvgIpc) is 3.05. The Morgan fingerprint density at radius 2 is 2.11 bits per heavy atom. The molecule has 1 N–H and O–H groups in total. The van der Waals surface area contributed by atoms with Gasteiger partial charge in [-0.2, -0.15) is 9.61 Å². The third kappa shape index (κ3) is 2.43. The lowest BCUT2D eigenvalue weighted by Crippen LogP contribution is -2.06. The van der Waals surface area contributed by atoms with Crippen LogP contribution in [0.1, 0.15) is 49.5 Å². The number of rotatable bonds is 4. The molecule has 0 radical (unpaired) electrons. The highest BCUT2D eigenvalue weighted by Crippen LogP contribution is 2.32. The lowest BCUT2D eigenvalue weighted by Gasteiger charge is -2.08. The van der Waals surface area contributed by atoms with E-state index >= 15 is 0 Å². The second-order valence-corrected chi connectivity index (χ2v) is 5.02. The van der Waals surface area contributed by atoms with Crippen LogP contribution in [0, 0.1) is 0 Å². The SMILES string of the molecule is O=C(O)CCc1nnc2ccc(C3CCCC3)nn12. The molecule has 100 valence electrons. The number of carboxylic acids is 1. The van der Waals surface area contributed by atoms with Gasteiger partial charge in [-0.3, -0.25) is 4.79 Å². The van der Waals surface area contributed by atoms with E-state index in [0.29, 0.717) is 23.8 Å². The molecule has 2 aromatic heterocycles. The standard InChI is InChI=1S/C13H16N4O2/c18-13(19)8-7-12-15-14-11-6-5-10(16-17(11)12)9-3-1-2-4-9/h5-6,9H,1-4,7-8H2,(H,18,19). The lowest BCUT2D eigenvalue weighted by molar-refractivity contribution is -0.137. The molecular weight excluding hydrogens is 244 g/mol. The van der Waals surface area contributed by atoms with Gasteiger partial charge >= 0.3 is 5.97 Å². The summed E-state index contributed by atoms with van der Waals surface area (Å²) < 4.78 is 1.69. The van der Waals surface area contributed by atoms with E-state index < -0.39 is 5.97 Å². The minimum atomic E-state index is -0.830. The fraction of sp³-hybridized carbons (Fsp3) is 0.538. The summed E-state index contributed by atoms with van der Waals surface area (Å²) in [4.78, 5) is 10.6. The van der Waals surface area contributed by atoms with Gasteiger partial charge in [0.1, 0.15) is 0 Å². The van der Waals surface area contributed by atoms with Gasteiger partial charge in [0, 0.05) is 12.3 Å². The fourth-order valence-electron chi connectivity index (χ4n) is 2.66. The van der Waals surface area contributed by atoms with E-state index in [2.05, 4.69) is 15.3 Å². The molecule has 0 unspecified atom stereocenters. The molecular formula is C13H16N4O2. The Kier molecular flexibility index (Phi) is 3.15. The molecule has 6 nitrogen and oxygen atoms in total. The summed E-state index contributed by atoms with van der Waals surface area (Å²) in [5.41, 5.74) is 1.75. The first-order valence-corrected chi connectivity index (χ1v) is 6.67. The maximum Gasteiger partial charge on any atom is 0.303 e. The van der Waals surface area contributed by atoms with E-state index in [4.69, 9.17) is 5.11 Å². The molecule has 1 fully saturated rings. The topological polar surface area (TPSA) is 80.4 Å². The maximum absolute atomic E-state index is 10.6. The molecule has 1 saturated carbocycles. The number of aryl methyl sites for hydroxylation is 1. The molecule has 19 heavy (non-hydrogen) atoms. The van der Waals surface area contributed by atoms with Gasteiger partial charge in [0.15, 0.2) is 11.5 Å². The maximum atomic E-state index is 10.6. The lowest BCUT2D eigenvalue weighted by atomic mass is 10.0. The van der Waals surface area contributed by atoms with Gasteiger partial charge < -0.3 is 5.11 Å². The smallest absolute Gasteiger partial charge is 0.303 e. The van der Waals surface area contributed by atoms with E-state index in [1.807, 2.05) is 12.1 Å². The van der Waals surface area contributed by atoms with Gasteiger partial charge in [-0.1, -0.05) is 12.8 Å². The van der Waals surface area contributed by atoms with Crippen LogP contribution in [0.25, 0.3) is 5.65 Å². The molecule has 0 spiro atoms. The van der Waals surface area contributed by atoms with Crippen LogP contribution in [0.15, 0.2) is 12.1 Å².